The van der Waals surface area contributed by atoms with Gasteiger partial charge in [0.05, 0.1) is 11.4 Å². The van der Waals surface area contributed by atoms with Crippen molar-refractivity contribution in [3.8, 4) is 17.1 Å². The number of para-hydroxylation sites is 1. The topological polar surface area (TPSA) is 63.6 Å². The maximum atomic E-state index is 12.6. The van der Waals surface area contributed by atoms with Crippen LogP contribution < -0.4 is 5.56 Å². The predicted octanol–water partition coefficient (Wildman–Crippen LogP) is 3.08. The molecule has 0 aliphatic carbocycles. The molecular weight excluding hydrogens is 288 g/mol. The highest BCUT2D eigenvalue weighted by Gasteiger charge is 2.15. The fourth-order valence-electron chi connectivity index (χ4n) is 2.65. The van der Waals surface area contributed by atoms with Gasteiger partial charge in [0.25, 0.3) is 5.56 Å². The second kappa shape index (κ2) is 5.21. The third-order valence-corrected chi connectivity index (χ3v) is 3.75. The van der Waals surface area contributed by atoms with E-state index in [1.165, 1.54) is 0 Å². The van der Waals surface area contributed by atoms with E-state index in [4.69, 9.17) is 0 Å². The van der Waals surface area contributed by atoms with Gasteiger partial charge in [-0.05, 0) is 19.1 Å². The minimum atomic E-state index is -0.196. The van der Waals surface area contributed by atoms with Crippen molar-refractivity contribution < 1.29 is 0 Å². The van der Waals surface area contributed by atoms with E-state index < -0.39 is 0 Å². The fraction of sp³-hybridized carbons (Fsp3) is 0.0556. The number of benzene rings is 2. The molecule has 2 heterocycles. The summed E-state index contributed by atoms with van der Waals surface area (Å²) in [6.07, 6.45) is 0. The summed E-state index contributed by atoms with van der Waals surface area (Å²) >= 11 is 0. The van der Waals surface area contributed by atoms with Crippen LogP contribution in [-0.4, -0.2) is 19.7 Å². The van der Waals surface area contributed by atoms with Crippen LogP contribution in [0.1, 0.15) is 5.69 Å². The summed E-state index contributed by atoms with van der Waals surface area (Å²) in [6, 6.07) is 19.2. The van der Waals surface area contributed by atoms with Crippen molar-refractivity contribution in [2.24, 2.45) is 0 Å². The summed E-state index contributed by atoms with van der Waals surface area (Å²) in [7, 11) is 0. The number of aromatic nitrogens is 4. The minimum absolute atomic E-state index is 0.196. The van der Waals surface area contributed by atoms with Gasteiger partial charge in [-0.25, -0.2) is 9.67 Å². The average Bonchev–Trinajstić information content (AvgIpc) is 2.94. The maximum Gasteiger partial charge on any atom is 0.277 e. The van der Waals surface area contributed by atoms with Crippen LogP contribution in [0, 0.1) is 6.92 Å². The monoisotopic (exact) mass is 302 g/mol. The Morgan fingerprint density at radius 1 is 0.957 bits per heavy atom. The average molecular weight is 302 g/mol. The van der Waals surface area contributed by atoms with Crippen LogP contribution >= 0.6 is 0 Å². The largest absolute Gasteiger partial charge is 0.305 e. The van der Waals surface area contributed by atoms with Gasteiger partial charge < -0.3 is 4.98 Å². The molecule has 0 amide bonds. The minimum Gasteiger partial charge on any atom is -0.305 e. The first-order valence-electron chi connectivity index (χ1n) is 7.34. The molecule has 23 heavy (non-hydrogen) atoms. The van der Waals surface area contributed by atoms with Crippen molar-refractivity contribution >= 4 is 11.0 Å². The molecule has 0 aliphatic heterocycles. The molecule has 4 aromatic rings. The predicted molar refractivity (Wildman–Crippen MR) is 89.7 cm³/mol. The third kappa shape index (κ3) is 2.23. The number of rotatable bonds is 2. The van der Waals surface area contributed by atoms with Crippen molar-refractivity contribution in [2.75, 3.05) is 0 Å². The number of aromatic amines is 1. The zero-order chi connectivity index (χ0) is 15.8. The van der Waals surface area contributed by atoms with Crippen molar-refractivity contribution in [3.05, 3.63) is 76.7 Å². The molecule has 112 valence electrons. The van der Waals surface area contributed by atoms with Crippen LogP contribution in [0.3, 0.4) is 0 Å². The van der Waals surface area contributed by atoms with Gasteiger partial charge in [0.1, 0.15) is 11.3 Å². The van der Waals surface area contributed by atoms with Gasteiger partial charge in [0.2, 0.25) is 0 Å². The van der Waals surface area contributed by atoms with E-state index in [1.54, 1.807) is 4.68 Å². The van der Waals surface area contributed by atoms with E-state index in [9.17, 15) is 4.79 Å². The highest BCUT2D eigenvalue weighted by molar-refractivity contribution is 5.80. The number of hydrogen-bond donors (Lipinski definition) is 1. The standard InChI is InChI=1S/C18H14N4O/c1-12-15-16(22(21-12)14-10-6-3-7-11-14)18(23)20-17(19-15)13-8-4-2-5-9-13/h2-11H,1H3,(H,19,20,23). The van der Waals surface area contributed by atoms with Crippen LogP contribution in [0.25, 0.3) is 28.1 Å². The Balaban J connectivity index is 2.00. The summed E-state index contributed by atoms with van der Waals surface area (Å²) < 4.78 is 1.64. The first kappa shape index (κ1) is 13.5. The zero-order valence-corrected chi connectivity index (χ0v) is 12.5. The van der Waals surface area contributed by atoms with E-state index in [-0.39, 0.29) is 5.56 Å². The van der Waals surface area contributed by atoms with Crippen molar-refractivity contribution in [1.29, 1.82) is 0 Å². The molecule has 1 N–H and O–H groups in total. The van der Waals surface area contributed by atoms with E-state index in [1.807, 2.05) is 67.6 Å². The first-order chi connectivity index (χ1) is 11.2. The van der Waals surface area contributed by atoms with E-state index >= 15 is 0 Å². The van der Waals surface area contributed by atoms with Crippen LogP contribution in [-0.2, 0) is 0 Å². The summed E-state index contributed by atoms with van der Waals surface area (Å²) in [5, 5.41) is 4.49. The lowest BCUT2D eigenvalue weighted by atomic mass is 10.2. The molecule has 0 radical (unpaired) electrons. The Morgan fingerprint density at radius 3 is 2.30 bits per heavy atom. The molecule has 0 spiro atoms. The molecule has 4 rings (SSSR count). The summed E-state index contributed by atoms with van der Waals surface area (Å²) in [6.45, 7) is 1.86. The van der Waals surface area contributed by atoms with Crippen LogP contribution in [0.5, 0.6) is 0 Å². The van der Waals surface area contributed by atoms with Crippen LogP contribution in [0.4, 0.5) is 0 Å². The Morgan fingerprint density at radius 2 is 1.61 bits per heavy atom. The quantitative estimate of drug-likeness (QED) is 0.619. The number of H-pyrrole nitrogens is 1. The summed E-state index contributed by atoms with van der Waals surface area (Å²) in [4.78, 5) is 20.1. The van der Waals surface area contributed by atoms with Gasteiger partial charge in [-0.15, -0.1) is 0 Å². The van der Waals surface area contributed by atoms with Gasteiger partial charge in [0.15, 0.2) is 5.52 Å². The number of nitrogens with one attached hydrogen (secondary N) is 1. The number of hydrogen-bond acceptors (Lipinski definition) is 3. The molecule has 0 saturated heterocycles. The Labute approximate surface area is 132 Å². The van der Waals surface area contributed by atoms with Gasteiger partial charge in [-0.2, -0.15) is 5.10 Å². The lowest BCUT2D eigenvalue weighted by Gasteiger charge is -2.03. The van der Waals surface area contributed by atoms with Crippen LogP contribution in [0.2, 0.25) is 0 Å². The Bertz CT molecular complexity index is 1030. The molecule has 0 bridgehead atoms. The van der Waals surface area contributed by atoms with Crippen LogP contribution in [0.15, 0.2) is 65.5 Å². The maximum absolute atomic E-state index is 12.6. The molecule has 0 saturated carbocycles. The van der Waals surface area contributed by atoms with Crippen molar-refractivity contribution in [3.63, 3.8) is 0 Å². The molecule has 5 nitrogen and oxygen atoms in total. The molecule has 2 aromatic carbocycles. The lowest BCUT2D eigenvalue weighted by molar-refractivity contribution is 0.884. The Kier molecular flexibility index (Phi) is 3.05. The van der Waals surface area contributed by atoms with Gasteiger partial charge in [-0.1, -0.05) is 48.5 Å². The van der Waals surface area contributed by atoms with E-state index in [2.05, 4.69) is 15.1 Å². The van der Waals surface area contributed by atoms with E-state index in [0.717, 1.165) is 16.9 Å². The number of aryl methyl sites for hydroxylation is 1. The fourth-order valence-corrected chi connectivity index (χ4v) is 2.65. The zero-order valence-electron chi connectivity index (χ0n) is 12.5. The van der Waals surface area contributed by atoms with Crippen molar-refractivity contribution in [1.82, 2.24) is 19.7 Å². The molecular formula is C18H14N4O. The van der Waals surface area contributed by atoms with Crippen molar-refractivity contribution in [2.45, 2.75) is 6.92 Å². The first-order valence-corrected chi connectivity index (χ1v) is 7.34. The summed E-state index contributed by atoms with van der Waals surface area (Å²) in [5.41, 5.74) is 3.33. The van der Waals surface area contributed by atoms with Gasteiger partial charge in [-0.3, -0.25) is 4.79 Å². The third-order valence-electron chi connectivity index (χ3n) is 3.75. The highest BCUT2D eigenvalue weighted by atomic mass is 16.1. The SMILES string of the molecule is Cc1nn(-c2ccccc2)c2c(=O)[nH]c(-c3ccccc3)nc12. The Hall–Kier alpha value is -3.21. The molecule has 5 heteroatoms. The second-order valence-corrected chi connectivity index (χ2v) is 5.31. The second-order valence-electron chi connectivity index (χ2n) is 5.31. The molecule has 2 aromatic heterocycles. The molecule has 0 atom stereocenters. The summed E-state index contributed by atoms with van der Waals surface area (Å²) in [5.74, 6) is 0.554. The number of nitrogens with zero attached hydrogens (tertiary/aromatic N) is 3. The van der Waals surface area contributed by atoms with Gasteiger partial charge >= 0.3 is 0 Å². The smallest absolute Gasteiger partial charge is 0.277 e. The lowest BCUT2D eigenvalue weighted by Crippen LogP contribution is -2.13. The number of fused-ring (bicyclic) bond motifs is 1. The van der Waals surface area contributed by atoms with Gasteiger partial charge in [0, 0.05) is 5.56 Å². The molecule has 0 aliphatic rings. The van der Waals surface area contributed by atoms with E-state index in [0.29, 0.717) is 16.9 Å². The highest BCUT2D eigenvalue weighted by Crippen LogP contribution is 2.20. The molecule has 0 unspecified atom stereocenters. The molecule has 0 fully saturated rings. The normalized spacial score (nSPS) is 11.0.